The molecule has 0 aliphatic heterocycles. The van der Waals surface area contributed by atoms with Crippen LogP contribution in [0.15, 0.2) is 0 Å². The van der Waals surface area contributed by atoms with Gasteiger partial charge in [0.2, 0.25) is 5.91 Å². The molecule has 0 rings (SSSR count). The van der Waals surface area contributed by atoms with Crippen LogP contribution in [0.3, 0.4) is 0 Å². The Labute approximate surface area is 62.2 Å². The van der Waals surface area contributed by atoms with Crippen molar-refractivity contribution in [3.8, 4) is 0 Å². The molecule has 0 aromatic heterocycles. The number of hydrogen-bond acceptors (Lipinski definition) is 2. The molecule has 0 aliphatic rings. The van der Waals surface area contributed by atoms with Gasteiger partial charge in [0.05, 0.1) is 6.17 Å². The average Bonchev–Trinajstić information content (AvgIpc) is 1.59. The summed E-state index contributed by atoms with van der Waals surface area (Å²) in [5, 5.41) is 0. The van der Waals surface area contributed by atoms with Crippen molar-refractivity contribution >= 4 is 5.91 Å². The lowest BCUT2D eigenvalue weighted by molar-refractivity contribution is -0.132. The topological polar surface area (TPSA) is 46.3 Å². The van der Waals surface area contributed by atoms with Gasteiger partial charge in [-0.2, -0.15) is 0 Å². The summed E-state index contributed by atoms with van der Waals surface area (Å²) in [6.07, 6.45) is -0.183. The minimum absolute atomic E-state index is 0.0324. The van der Waals surface area contributed by atoms with Gasteiger partial charge in [-0.25, -0.2) is 0 Å². The Kier molecular flexibility index (Phi) is 3.36. The zero-order chi connectivity index (χ0) is 8.31. The van der Waals surface area contributed by atoms with Gasteiger partial charge in [0.25, 0.3) is 0 Å². The molecule has 0 radical (unpaired) electrons. The summed E-state index contributed by atoms with van der Waals surface area (Å²) in [7, 11) is 0. The third-order valence-electron chi connectivity index (χ3n) is 1.36. The highest BCUT2D eigenvalue weighted by Crippen LogP contribution is 2.00. The molecule has 0 aliphatic carbocycles. The van der Waals surface area contributed by atoms with Gasteiger partial charge < -0.3 is 10.6 Å². The third kappa shape index (κ3) is 2.35. The molecule has 0 saturated heterocycles. The van der Waals surface area contributed by atoms with Crippen LogP contribution in [0.25, 0.3) is 0 Å². The highest BCUT2D eigenvalue weighted by atomic mass is 16.2. The molecular formula is C7H16N2O. The second-order valence-electron chi connectivity index (χ2n) is 2.76. The van der Waals surface area contributed by atoms with Crippen molar-refractivity contribution in [2.24, 2.45) is 5.73 Å². The number of amides is 1. The standard InChI is InChI=1S/C7H16N2O/c1-5(2)9(6(3)8)7(4)10/h5-6H,8H2,1-4H3. The van der Waals surface area contributed by atoms with E-state index in [1.165, 1.54) is 6.92 Å². The molecule has 0 bridgehead atoms. The maximum atomic E-state index is 10.9. The van der Waals surface area contributed by atoms with Gasteiger partial charge in [-0.15, -0.1) is 0 Å². The fraction of sp³-hybridized carbons (Fsp3) is 0.857. The van der Waals surface area contributed by atoms with Gasteiger partial charge in [-0.05, 0) is 20.8 Å². The molecule has 1 unspecified atom stereocenters. The average molecular weight is 144 g/mol. The predicted octanol–water partition coefficient (Wildman–Crippen LogP) is 0.548. The van der Waals surface area contributed by atoms with Crippen LogP contribution in [0.4, 0.5) is 0 Å². The molecule has 0 saturated carbocycles. The zero-order valence-electron chi connectivity index (χ0n) is 7.09. The van der Waals surface area contributed by atoms with Crippen LogP contribution in [-0.2, 0) is 4.79 Å². The number of carbonyl (C=O) groups is 1. The number of nitrogens with zero attached hydrogens (tertiary/aromatic N) is 1. The molecule has 0 fully saturated rings. The van der Waals surface area contributed by atoms with Gasteiger partial charge in [-0.3, -0.25) is 4.79 Å². The Morgan fingerprint density at radius 3 is 1.80 bits per heavy atom. The van der Waals surface area contributed by atoms with Crippen molar-refractivity contribution in [3.05, 3.63) is 0 Å². The highest BCUT2D eigenvalue weighted by Gasteiger charge is 2.15. The van der Waals surface area contributed by atoms with Crippen LogP contribution in [0.1, 0.15) is 27.7 Å². The summed E-state index contributed by atoms with van der Waals surface area (Å²) in [5.41, 5.74) is 5.54. The van der Waals surface area contributed by atoms with Crippen LogP contribution >= 0.6 is 0 Å². The largest absolute Gasteiger partial charge is 0.325 e. The van der Waals surface area contributed by atoms with Gasteiger partial charge >= 0.3 is 0 Å². The van der Waals surface area contributed by atoms with Gasteiger partial charge in [0.1, 0.15) is 0 Å². The van der Waals surface area contributed by atoms with Crippen LogP contribution in [-0.4, -0.2) is 23.0 Å². The Morgan fingerprint density at radius 1 is 1.40 bits per heavy atom. The molecule has 3 heteroatoms. The molecule has 2 N–H and O–H groups in total. The fourth-order valence-corrected chi connectivity index (χ4v) is 1.12. The number of hydrogen-bond donors (Lipinski definition) is 1. The molecule has 0 aromatic rings. The Morgan fingerprint density at radius 2 is 1.80 bits per heavy atom. The molecule has 0 aromatic carbocycles. The van der Waals surface area contributed by atoms with E-state index in [1.807, 2.05) is 13.8 Å². The second-order valence-corrected chi connectivity index (χ2v) is 2.76. The lowest BCUT2D eigenvalue weighted by atomic mass is 10.3. The summed E-state index contributed by atoms with van der Waals surface area (Å²) >= 11 is 0. The minimum atomic E-state index is -0.183. The SMILES string of the molecule is CC(=O)N(C(C)C)C(C)N. The number of carbonyl (C=O) groups excluding carboxylic acids is 1. The first-order valence-corrected chi connectivity index (χ1v) is 3.51. The molecule has 0 spiro atoms. The molecule has 1 atom stereocenters. The van der Waals surface area contributed by atoms with E-state index >= 15 is 0 Å². The van der Waals surface area contributed by atoms with Crippen LogP contribution in [0.2, 0.25) is 0 Å². The van der Waals surface area contributed by atoms with Crippen LogP contribution in [0, 0.1) is 0 Å². The summed E-state index contributed by atoms with van der Waals surface area (Å²) in [5.74, 6) is 0.0324. The molecule has 10 heavy (non-hydrogen) atoms. The Hall–Kier alpha value is -0.570. The quantitative estimate of drug-likeness (QED) is 0.575. The monoisotopic (exact) mass is 144 g/mol. The van der Waals surface area contributed by atoms with E-state index in [0.29, 0.717) is 0 Å². The molecule has 1 amide bonds. The summed E-state index contributed by atoms with van der Waals surface area (Å²) in [6.45, 7) is 7.24. The number of rotatable bonds is 2. The number of nitrogens with two attached hydrogens (primary N) is 1. The van der Waals surface area contributed by atoms with Gasteiger partial charge in [0.15, 0.2) is 0 Å². The van der Waals surface area contributed by atoms with Gasteiger partial charge in [-0.1, -0.05) is 0 Å². The molecule has 60 valence electrons. The predicted molar refractivity (Wildman–Crippen MR) is 41.3 cm³/mol. The van der Waals surface area contributed by atoms with E-state index in [1.54, 1.807) is 11.8 Å². The maximum absolute atomic E-state index is 10.9. The summed E-state index contributed by atoms with van der Waals surface area (Å²) < 4.78 is 0. The first-order valence-electron chi connectivity index (χ1n) is 3.51. The van der Waals surface area contributed by atoms with Crippen molar-refractivity contribution in [1.29, 1.82) is 0 Å². The van der Waals surface area contributed by atoms with Crippen molar-refractivity contribution < 1.29 is 4.79 Å². The van der Waals surface area contributed by atoms with E-state index in [9.17, 15) is 4.79 Å². The van der Waals surface area contributed by atoms with Crippen molar-refractivity contribution in [3.63, 3.8) is 0 Å². The molecule has 0 heterocycles. The first kappa shape index (κ1) is 9.43. The van der Waals surface area contributed by atoms with E-state index in [2.05, 4.69) is 0 Å². The molecular weight excluding hydrogens is 128 g/mol. The van der Waals surface area contributed by atoms with E-state index < -0.39 is 0 Å². The van der Waals surface area contributed by atoms with E-state index in [4.69, 9.17) is 5.73 Å². The van der Waals surface area contributed by atoms with E-state index in [0.717, 1.165) is 0 Å². The Balaban J connectivity index is 4.12. The van der Waals surface area contributed by atoms with E-state index in [-0.39, 0.29) is 18.1 Å². The lowest BCUT2D eigenvalue weighted by Gasteiger charge is -2.28. The maximum Gasteiger partial charge on any atom is 0.220 e. The lowest BCUT2D eigenvalue weighted by Crippen LogP contribution is -2.46. The first-order chi connectivity index (χ1) is 4.46. The second kappa shape index (κ2) is 3.56. The van der Waals surface area contributed by atoms with Crippen molar-refractivity contribution in [2.75, 3.05) is 0 Å². The summed E-state index contributed by atoms with van der Waals surface area (Å²) in [6, 6.07) is 0.192. The highest BCUT2D eigenvalue weighted by molar-refractivity contribution is 5.73. The van der Waals surface area contributed by atoms with Crippen molar-refractivity contribution in [1.82, 2.24) is 4.90 Å². The molecule has 3 nitrogen and oxygen atoms in total. The minimum Gasteiger partial charge on any atom is -0.325 e. The Bertz CT molecular complexity index is 113. The van der Waals surface area contributed by atoms with Crippen LogP contribution in [0.5, 0.6) is 0 Å². The normalized spacial score (nSPS) is 13.4. The van der Waals surface area contributed by atoms with Crippen LogP contribution < -0.4 is 5.73 Å². The van der Waals surface area contributed by atoms with Crippen molar-refractivity contribution in [2.45, 2.75) is 39.9 Å². The third-order valence-corrected chi connectivity index (χ3v) is 1.36. The van der Waals surface area contributed by atoms with Gasteiger partial charge in [0, 0.05) is 13.0 Å². The smallest absolute Gasteiger partial charge is 0.220 e. The summed E-state index contributed by atoms with van der Waals surface area (Å²) in [4.78, 5) is 12.5. The zero-order valence-corrected chi connectivity index (χ0v) is 7.09. The fourth-order valence-electron chi connectivity index (χ4n) is 1.12.